The summed E-state index contributed by atoms with van der Waals surface area (Å²) in [5.74, 6) is -0.579. The van der Waals surface area contributed by atoms with Crippen molar-refractivity contribution in [2.45, 2.75) is 458 Å². The summed E-state index contributed by atoms with van der Waals surface area (Å²) >= 11 is 0. The summed E-state index contributed by atoms with van der Waals surface area (Å²) in [6.45, 7) is 9.65. The van der Waals surface area contributed by atoms with E-state index >= 15 is 0 Å². The van der Waals surface area contributed by atoms with Gasteiger partial charge in [0.25, 0.3) is 0 Å². The van der Waals surface area contributed by atoms with Gasteiger partial charge in [0.15, 0.2) is 12.2 Å². The van der Waals surface area contributed by atoms with Crippen molar-refractivity contribution in [2.24, 2.45) is 11.8 Å². The Hall–Kier alpha value is -1.94. The van der Waals surface area contributed by atoms with Crippen molar-refractivity contribution < 1.29 is 80.2 Å². The Morgan fingerprint density at radius 3 is 0.667 bits per heavy atom. The molecule has 0 bridgehead atoms. The zero-order chi connectivity index (χ0) is 74.9. The van der Waals surface area contributed by atoms with Crippen molar-refractivity contribution in [3.8, 4) is 0 Å². The molecular weight excluding hydrogens is 1330 g/mol. The lowest BCUT2D eigenvalue weighted by Crippen LogP contribution is -2.30. The third-order valence-corrected chi connectivity index (χ3v) is 21.4. The average Bonchev–Trinajstić information content (AvgIpc) is 0.956. The van der Waals surface area contributed by atoms with Crippen molar-refractivity contribution in [3.05, 3.63) is 0 Å². The molecule has 0 aliphatic heterocycles. The third-order valence-electron chi connectivity index (χ3n) is 19.5. The summed E-state index contributed by atoms with van der Waals surface area (Å²) in [6.07, 6.45) is 65.2. The molecule has 102 heavy (non-hydrogen) atoms. The van der Waals surface area contributed by atoms with Crippen molar-refractivity contribution in [1.82, 2.24) is 0 Å². The number of hydrogen-bond donors (Lipinski definition) is 3. The first kappa shape index (κ1) is 100. The third kappa shape index (κ3) is 76.3. The second-order valence-corrected chi connectivity index (χ2v) is 33.7. The number of hydrogen-bond acceptors (Lipinski definition) is 15. The van der Waals surface area contributed by atoms with Crippen LogP contribution in [0.15, 0.2) is 0 Å². The molecule has 0 fully saturated rings. The Bertz CT molecular complexity index is 1960. The molecule has 5 atom stereocenters. The van der Waals surface area contributed by atoms with E-state index in [2.05, 4.69) is 41.5 Å². The fraction of sp³-hybridized carbons (Fsp3) is 0.952. The quantitative estimate of drug-likeness (QED) is 0.0222. The van der Waals surface area contributed by atoms with Gasteiger partial charge in [-0.05, 0) is 37.5 Å². The largest absolute Gasteiger partial charge is 0.472 e. The molecule has 606 valence electrons. The summed E-state index contributed by atoms with van der Waals surface area (Å²) in [5, 5.41) is 10.7. The van der Waals surface area contributed by atoms with Crippen LogP contribution >= 0.6 is 15.6 Å². The van der Waals surface area contributed by atoms with Crippen LogP contribution in [0.1, 0.15) is 440 Å². The lowest BCUT2D eigenvalue weighted by Gasteiger charge is -2.21. The van der Waals surface area contributed by atoms with E-state index in [1.807, 2.05) is 0 Å². The molecule has 0 saturated heterocycles. The first-order valence-electron chi connectivity index (χ1n) is 43.0. The maximum Gasteiger partial charge on any atom is 0.472 e. The van der Waals surface area contributed by atoms with Crippen LogP contribution in [0, 0.1) is 11.8 Å². The highest BCUT2D eigenvalue weighted by Gasteiger charge is 2.30. The van der Waals surface area contributed by atoms with Crippen LogP contribution in [0.25, 0.3) is 0 Å². The Morgan fingerprint density at radius 1 is 0.265 bits per heavy atom. The van der Waals surface area contributed by atoms with Gasteiger partial charge in [-0.2, -0.15) is 0 Å². The summed E-state index contributed by atoms with van der Waals surface area (Å²) in [6, 6.07) is 0. The molecule has 2 unspecified atom stereocenters. The molecule has 0 aliphatic rings. The number of carbonyl (C=O) groups is 4. The maximum atomic E-state index is 13.1. The minimum atomic E-state index is -4.96. The summed E-state index contributed by atoms with van der Waals surface area (Å²) in [5.41, 5.74) is 0. The standard InChI is InChI=1S/C83H162O17P2/c1-7-9-11-13-15-17-19-21-23-24-25-26-28-34-38-42-50-56-62-68-82(87)99-78(71-93-80(85)65-59-53-47-40-36-32-30-29-31-35-39-45-51-57-63-75(3)4)73-97-101(89,90)95-69-77(84)70-96-102(91,92)98-74-79(72-94-81(86)66-60-54-48-44-43-46-52-58-64-76(5)6)100-83(88)67-61-55-49-41-37-33-27-22-20-18-16-14-12-10-8-2/h75-79,84H,7-74H2,1-6H3,(H,89,90)(H,91,92)/t77-,78-,79-/m1/s1. The van der Waals surface area contributed by atoms with Crippen molar-refractivity contribution in [1.29, 1.82) is 0 Å². The van der Waals surface area contributed by atoms with E-state index in [0.29, 0.717) is 25.7 Å². The van der Waals surface area contributed by atoms with E-state index in [1.165, 1.54) is 257 Å². The monoisotopic (exact) mass is 1490 g/mol. The van der Waals surface area contributed by atoms with Crippen molar-refractivity contribution in [3.63, 3.8) is 0 Å². The van der Waals surface area contributed by atoms with Gasteiger partial charge in [-0.3, -0.25) is 37.3 Å². The Labute approximate surface area is 626 Å². The van der Waals surface area contributed by atoms with Gasteiger partial charge in [-0.15, -0.1) is 0 Å². The van der Waals surface area contributed by atoms with E-state index in [0.717, 1.165) is 102 Å². The number of rotatable bonds is 82. The number of aliphatic hydroxyl groups is 1. The predicted octanol–water partition coefficient (Wildman–Crippen LogP) is 25.1. The number of ether oxygens (including phenoxy) is 4. The molecular formula is C83H162O17P2. The summed E-state index contributed by atoms with van der Waals surface area (Å²) < 4.78 is 68.8. The van der Waals surface area contributed by atoms with Crippen LogP contribution in [0.3, 0.4) is 0 Å². The second-order valence-electron chi connectivity index (χ2n) is 30.8. The highest BCUT2D eigenvalue weighted by molar-refractivity contribution is 7.47. The van der Waals surface area contributed by atoms with E-state index in [4.69, 9.17) is 37.0 Å². The molecule has 0 aromatic rings. The molecule has 0 amide bonds. The summed E-state index contributed by atoms with van der Waals surface area (Å²) in [7, 11) is -9.92. The normalized spacial score (nSPS) is 13.9. The number of phosphoric acid groups is 2. The van der Waals surface area contributed by atoms with E-state index < -0.39 is 97.5 Å². The lowest BCUT2D eigenvalue weighted by atomic mass is 10.0. The van der Waals surface area contributed by atoms with Crippen LogP contribution in [-0.4, -0.2) is 96.7 Å². The molecule has 0 aliphatic carbocycles. The maximum absolute atomic E-state index is 13.1. The molecule has 0 aromatic heterocycles. The van der Waals surface area contributed by atoms with E-state index in [9.17, 15) is 43.2 Å². The first-order chi connectivity index (χ1) is 49.4. The van der Waals surface area contributed by atoms with Gasteiger partial charge in [0.2, 0.25) is 0 Å². The number of phosphoric ester groups is 2. The molecule has 17 nitrogen and oxygen atoms in total. The summed E-state index contributed by atoms with van der Waals surface area (Å²) in [4.78, 5) is 73.1. The minimum Gasteiger partial charge on any atom is -0.462 e. The number of unbranched alkanes of at least 4 members (excludes halogenated alkanes) is 52. The molecule has 0 heterocycles. The molecule has 0 radical (unpaired) electrons. The van der Waals surface area contributed by atoms with Crippen LogP contribution in [0.2, 0.25) is 0 Å². The average molecular weight is 1490 g/mol. The van der Waals surface area contributed by atoms with Gasteiger partial charge in [0.05, 0.1) is 26.4 Å². The molecule has 0 saturated carbocycles. The molecule has 19 heteroatoms. The van der Waals surface area contributed by atoms with Crippen LogP contribution < -0.4 is 0 Å². The molecule has 3 N–H and O–H groups in total. The van der Waals surface area contributed by atoms with Crippen LogP contribution in [-0.2, 0) is 65.4 Å². The van der Waals surface area contributed by atoms with Crippen LogP contribution in [0.5, 0.6) is 0 Å². The zero-order valence-electron chi connectivity index (χ0n) is 66.9. The van der Waals surface area contributed by atoms with Gasteiger partial charge in [-0.25, -0.2) is 9.13 Å². The Balaban J connectivity index is 5.25. The Kier molecular flexibility index (Phi) is 73.1. The predicted molar refractivity (Wildman–Crippen MR) is 418 cm³/mol. The first-order valence-corrected chi connectivity index (χ1v) is 46.0. The SMILES string of the molecule is CCCCCCCCCCCCCCCCCCCCCC(=O)O[C@H](COC(=O)CCCCCCCCCCCCCCCCC(C)C)COP(=O)(O)OC[C@@H](O)COP(=O)(O)OC[C@@H](COC(=O)CCCCCCCCCCC(C)C)OC(=O)CCCCCCCCCCCCCCCCC. The molecule has 0 aromatic carbocycles. The van der Waals surface area contributed by atoms with Gasteiger partial charge >= 0.3 is 39.5 Å². The van der Waals surface area contributed by atoms with Crippen molar-refractivity contribution >= 4 is 39.5 Å². The van der Waals surface area contributed by atoms with Gasteiger partial charge in [0.1, 0.15) is 19.3 Å². The van der Waals surface area contributed by atoms with Gasteiger partial charge in [-0.1, -0.05) is 388 Å². The zero-order valence-corrected chi connectivity index (χ0v) is 68.7. The molecule has 0 spiro atoms. The topological polar surface area (TPSA) is 237 Å². The molecule has 0 rings (SSSR count). The van der Waals surface area contributed by atoms with Crippen molar-refractivity contribution in [2.75, 3.05) is 39.6 Å². The van der Waals surface area contributed by atoms with E-state index in [1.54, 1.807) is 0 Å². The Morgan fingerprint density at radius 2 is 0.451 bits per heavy atom. The fourth-order valence-electron chi connectivity index (χ4n) is 12.9. The number of esters is 4. The van der Waals surface area contributed by atoms with Gasteiger partial charge < -0.3 is 33.8 Å². The highest BCUT2D eigenvalue weighted by atomic mass is 31.2. The van der Waals surface area contributed by atoms with Crippen LogP contribution in [0.4, 0.5) is 0 Å². The number of aliphatic hydroxyl groups excluding tert-OH is 1. The smallest absolute Gasteiger partial charge is 0.462 e. The van der Waals surface area contributed by atoms with E-state index in [-0.39, 0.29) is 25.7 Å². The highest BCUT2D eigenvalue weighted by Crippen LogP contribution is 2.45. The fourth-order valence-corrected chi connectivity index (χ4v) is 14.5. The number of carbonyl (C=O) groups excluding carboxylic acids is 4. The van der Waals surface area contributed by atoms with Gasteiger partial charge in [0, 0.05) is 25.7 Å². The minimum absolute atomic E-state index is 0.108. The second kappa shape index (κ2) is 74.5. The lowest BCUT2D eigenvalue weighted by molar-refractivity contribution is -0.161.